The van der Waals surface area contributed by atoms with Crippen LogP contribution in [0.4, 0.5) is 5.69 Å². The second-order valence-electron chi connectivity index (χ2n) is 7.90. The molecule has 178 valence electrons. The van der Waals surface area contributed by atoms with Crippen molar-refractivity contribution in [1.82, 2.24) is 4.90 Å². The number of rotatable bonds is 10. The van der Waals surface area contributed by atoms with E-state index in [4.69, 9.17) is 17.0 Å². The summed E-state index contributed by atoms with van der Waals surface area (Å²) in [6.45, 7) is 4.65. The lowest BCUT2D eigenvalue weighted by Gasteiger charge is -2.14. The minimum Gasteiger partial charge on any atom is -0.462 e. The van der Waals surface area contributed by atoms with Crippen molar-refractivity contribution < 1.29 is 19.1 Å². The molecule has 2 aromatic carbocycles. The van der Waals surface area contributed by atoms with Crippen molar-refractivity contribution in [2.24, 2.45) is 0 Å². The van der Waals surface area contributed by atoms with Gasteiger partial charge in [-0.15, -0.1) is 0 Å². The fourth-order valence-corrected chi connectivity index (χ4v) is 4.68. The van der Waals surface area contributed by atoms with Crippen LogP contribution >= 0.6 is 24.0 Å². The lowest BCUT2D eigenvalue weighted by atomic mass is 10.1. The van der Waals surface area contributed by atoms with Crippen molar-refractivity contribution in [3.63, 3.8) is 0 Å². The largest absolute Gasteiger partial charge is 0.462 e. The summed E-state index contributed by atoms with van der Waals surface area (Å²) in [4.78, 5) is 38.9. The topological polar surface area (TPSA) is 75.7 Å². The number of carbonyl (C=O) groups excluding carboxylic acids is 3. The second-order valence-corrected chi connectivity index (χ2v) is 9.58. The van der Waals surface area contributed by atoms with Crippen LogP contribution in [0, 0.1) is 6.92 Å². The first kappa shape index (κ1) is 25.6. The molecule has 0 unspecified atom stereocenters. The highest BCUT2D eigenvalue weighted by molar-refractivity contribution is 8.26. The Morgan fingerprint density at radius 3 is 2.44 bits per heavy atom. The van der Waals surface area contributed by atoms with E-state index in [9.17, 15) is 14.4 Å². The van der Waals surface area contributed by atoms with E-state index in [1.807, 2.05) is 37.3 Å². The average Bonchev–Trinajstić information content (AvgIpc) is 3.08. The van der Waals surface area contributed by atoms with Crippen LogP contribution in [0.1, 0.15) is 54.1 Å². The van der Waals surface area contributed by atoms with Gasteiger partial charge in [0.05, 0.1) is 17.1 Å². The lowest BCUT2D eigenvalue weighted by Crippen LogP contribution is -2.29. The van der Waals surface area contributed by atoms with E-state index < -0.39 is 0 Å². The SMILES string of the molecule is CCOC(=O)c1ccc(NC(=O)CCCCCN2C(=O)C(=Cc3ccc(C)cc3)SC2=S)cc1. The molecule has 1 heterocycles. The third kappa shape index (κ3) is 7.27. The van der Waals surface area contributed by atoms with Crippen molar-refractivity contribution in [3.8, 4) is 0 Å². The molecular weight excluding hydrogens is 468 g/mol. The van der Waals surface area contributed by atoms with Crippen LogP contribution in [0.3, 0.4) is 0 Å². The fraction of sp³-hybridized carbons (Fsp3) is 0.308. The summed E-state index contributed by atoms with van der Waals surface area (Å²) in [7, 11) is 0. The zero-order valence-corrected chi connectivity index (χ0v) is 21.0. The molecule has 2 aromatic rings. The molecule has 0 saturated carbocycles. The summed E-state index contributed by atoms with van der Waals surface area (Å²) in [6, 6.07) is 14.6. The van der Waals surface area contributed by atoms with E-state index in [1.54, 1.807) is 36.1 Å². The van der Waals surface area contributed by atoms with Gasteiger partial charge in [-0.3, -0.25) is 14.5 Å². The van der Waals surface area contributed by atoms with Crippen molar-refractivity contribution in [2.45, 2.75) is 39.5 Å². The Bertz CT molecular complexity index is 1080. The molecule has 0 bridgehead atoms. The molecule has 1 aliphatic heterocycles. The fourth-order valence-electron chi connectivity index (χ4n) is 3.37. The van der Waals surface area contributed by atoms with Gasteiger partial charge in [-0.05, 0) is 62.6 Å². The molecule has 1 fully saturated rings. The molecule has 3 rings (SSSR count). The van der Waals surface area contributed by atoms with Crippen molar-refractivity contribution >= 4 is 57.8 Å². The monoisotopic (exact) mass is 496 g/mol. The molecule has 6 nitrogen and oxygen atoms in total. The first-order valence-corrected chi connectivity index (χ1v) is 12.5. The highest BCUT2D eigenvalue weighted by Crippen LogP contribution is 2.32. The number of thioether (sulfide) groups is 1. The molecule has 8 heteroatoms. The Hall–Kier alpha value is -2.97. The number of unbranched alkanes of at least 4 members (excludes halogenated alkanes) is 2. The van der Waals surface area contributed by atoms with Crippen LogP contribution in [0.2, 0.25) is 0 Å². The standard InChI is InChI=1S/C26H28N2O4S2/c1-3-32-25(31)20-12-14-21(15-13-20)27-23(29)7-5-4-6-16-28-24(30)22(34-26(28)33)17-19-10-8-18(2)9-11-19/h8-15,17H,3-7,16H2,1-2H3,(H,27,29). The minimum atomic E-state index is -0.382. The first-order valence-electron chi connectivity index (χ1n) is 11.3. The van der Waals surface area contributed by atoms with Crippen LogP contribution in [-0.2, 0) is 14.3 Å². The number of nitrogens with zero attached hydrogens (tertiary/aromatic N) is 1. The van der Waals surface area contributed by atoms with Gasteiger partial charge in [0.15, 0.2) is 0 Å². The second kappa shape index (κ2) is 12.5. The zero-order chi connectivity index (χ0) is 24.5. The molecule has 2 amide bonds. The number of amides is 2. The van der Waals surface area contributed by atoms with Crippen molar-refractivity contribution in [1.29, 1.82) is 0 Å². The number of hydrogen-bond donors (Lipinski definition) is 1. The maximum Gasteiger partial charge on any atom is 0.338 e. The Labute approximate surface area is 209 Å². The Balaban J connectivity index is 1.38. The molecule has 34 heavy (non-hydrogen) atoms. The molecule has 0 radical (unpaired) electrons. The predicted octanol–water partition coefficient (Wildman–Crippen LogP) is 5.57. The van der Waals surface area contributed by atoms with Crippen LogP contribution < -0.4 is 5.32 Å². The molecule has 1 N–H and O–H groups in total. The van der Waals surface area contributed by atoms with Crippen molar-refractivity contribution in [2.75, 3.05) is 18.5 Å². The molecule has 1 aliphatic rings. The number of aryl methyl sites for hydroxylation is 1. The summed E-state index contributed by atoms with van der Waals surface area (Å²) in [5.74, 6) is -0.525. The molecule has 0 aromatic heterocycles. The van der Waals surface area contributed by atoms with E-state index in [-0.39, 0.29) is 17.8 Å². The summed E-state index contributed by atoms with van der Waals surface area (Å²) < 4.78 is 5.52. The van der Waals surface area contributed by atoms with Gasteiger partial charge in [0.2, 0.25) is 5.91 Å². The van der Waals surface area contributed by atoms with E-state index in [2.05, 4.69) is 5.32 Å². The van der Waals surface area contributed by atoms with E-state index >= 15 is 0 Å². The van der Waals surface area contributed by atoms with Crippen LogP contribution in [0.25, 0.3) is 6.08 Å². The molecule has 0 atom stereocenters. The Kier molecular flexibility index (Phi) is 9.42. The highest BCUT2D eigenvalue weighted by atomic mass is 32.2. The van der Waals surface area contributed by atoms with Crippen molar-refractivity contribution in [3.05, 3.63) is 70.1 Å². The number of anilines is 1. The molecular formula is C26H28N2O4S2. The van der Waals surface area contributed by atoms with E-state index in [1.165, 1.54) is 17.3 Å². The van der Waals surface area contributed by atoms with Crippen LogP contribution in [-0.4, -0.2) is 40.2 Å². The Morgan fingerprint density at radius 2 is 1.76 bits per heavy atom. The molecule has 0 spiro atoms. The van der Waals surface area contributed by atoms with E-state index in [0.29, 0.717) is 46.5 Å². The van der Waals surface area contributed by atoms with E-state index in [0.717, 1.165) is 18.4 Å². The molecule has 0 aliphatic carbocycles. The Morgan fingerprint density at radius 1 is 1.06 bits per heavy atom. The van der Waals surface area contributed by atoms with Gasteiger partial charge in [0.1, 0.15) is 4.32 Å². The maximum atomic E-state index is 12.7. The smallest absolute Gasteiger partial charge is 0.338 e. The first-order chi connectivity index (χ1) is 16.4. The summed E-state index contributed by atoms with van der Waals surface area (Å²) in [5, 5.41) is 2.83. The highest BCUT2D eigenvalue weighted by Gasteiger charge is 2.31. The average molecular weight is 497 g/mol. The number of benzene rings is 2. The number of esters is 1. The normalized spacial score (nSPS) is 14.5. The zero-order valence-electron chi connectivity index (χ0n) is 19.3. The number of thiocarbonyl (C=S) groups is 1. The van der Waals surface area contributed by atoms with Gasteiger partial charge in [0, 0.05) is 18.7 Å². The number of nitrogens with one attached hydrogen (secondary N) is 1. The number of hydrogen-bond acceptors (Lipinski definition) is 6. The van der Waals surface area contributed by atoms with Gasteiger partial charge >= 0.3 is 5.97 Å². The quantitative estimate of drug-likeness (QED) is 0.201. The van der Waals surface area contributed by atoms with Gasteiger partial charge in [-0.25, -0.2) is 4.79 Å². The number of carbonyl (C=O) groups is 3. The van der Waals surface area contributed by atoms with Gasteiger partial charge < -0.3 is 10.1 Å². The number of ether oxygens (including phenoxy) is 1. The minimum absolute atomic E-state index is 0.0559. The maximum absolute atomic E-state index is 12.7. The summed E-state index contributed by atoms with van der Waals surface area (Å²) >= 11 is 6.73. The van der Waals surface area contributed by atoms with Crippen LogP contribution in [0.5, 0.6) is 0 Å². The lowest BCUT2D eigenvalue weighted by molar-refractivity contribution is -0.122. The summed E-state index contributed by atoms with van der Waals surface area (Å²) in [6.07, 6.45) is 4.55. The summed E-state index contributed by atoms with van der Waals surface area (Å²) in [5.41, 5.74) is 3.23. The molecule has 1 saturated heterocycles. The van der Waals surface area contributed by atoms with Gasteiger partial charge in [0.25, 0.3) is 5.91 Å². The third-order valence-corrected chi connectivity index (χ3v) is 6.59. The van der Waals surface area contributed by atoms with Gasteiger partial charge in [-0.1, -0.05) is 60.2 Å². The third-order valence-electron chi connectivity index (χ3n) is 5.21. The van der Waals surface area contributed by atoms with Crippen LogP contribution in [0.15, 0.2) is 53.4 Å². The predicted molar refractivity (Wildman–Crippen MR) is 141 cm³/mol. The van der Waals surface area contributed by atoms with Gasteiger partial charge in [-0.2, -0.15) is 0 Å².